The Hall–Kier alpha value is -1.08. The van der Waals surface area contributed by atoms with Crippen LogP contribution in [0.3, 0.4) is 0 Å². The summed E-state index contributed by atoms with van der Waals surface area (Å²) >= 11 is 2.02. The number of fused-ring (bicyclic) bond motifs is 3. The lowest BCUT2D eigenvalue weighted by molar-refractivity contribution is 0.482. The van der Waals surface area contributed by atoms with E-state index in [1.54, 1.807) is 10.4 Å². The van der Waals surface area contributed by atoms with Crippen LogP contribution in [-0.2, 0) is 17.3 Å². The Morgan fingerprint density at radius 1 is 1.00 bits per heavy atom. The highest BCUT2D eigenvalue weighted by Gasteiger charge is 2.28. The van der Waals surface area contributed by atoms with Crippen molar-refractivity contribution in [2.75, 3.05) is 0 Å². The largest absolute Gasteiger partial charge is 0.139 e. The Balaban J connectivity index is 1.98. The Morgan fingerprint density at radius 3 is 2.36 bits per heavy atom. The molecule has 1 aromatic carbocycles. The summed E-state index contributed by atoms with van der Waals surface area (Å²) in [4.78, 5) is 3.08. The Morgan fingerprint density at radius 2 is 1.73 bits per heavy atom. The van der Waals surface area contributed by atoms with Gasteiger partial charge in [-0.2, -0.15) is 0 Å². The molecular formula is C21H28S. The number of thiophene rings is 1. The van der Waals surface area contributed by atoms with Gasteiger partial charge in [-0.1, -0.05) is 66.2 Å². The highest BCUT2D eigenvalue weighted by molar-refractivity contribution is 7.16. The molecule has 3 rings (SSSR count). The molecule has 0 bridgehead atoms. The molecule has 1 aliphatic rings. The number of hydrogen-bond acceptors (Lipinski definition) is 1. The maximum absolute atomic E-state index is 2.48. The minimum atomic E-state index is 0.235. The molecule has 0 amide bonds. The first kappa shape index (κ1) is 15.8. The van der Waals surface area contributed by atoms with Gasteiger partial charge in [0, 0.05) is 9.75 Å². The Bertz CT molecular complexity index is 695. The van der Waals surface area contributed by atoms with E-state index < -0.39 is 0 Å². The van der Waals surface area contributed by atoms with E-state index in [4.69, 9.17) is 0 Å². The number of benzene rings is 1. The van der Waals surface area contributed by atoms with Gasteiger partial charge in [-0.15, -0.1) is 11.3 Å². The van der Waals surface area contributed by atoms with E-state index in [0.717, 1.165) is 6.42 Å². The van der Waals surface area contributed by atoms with E-state index >= 15 is 0 Å². The molecule has 0 saturated carbocycles. The molecule has 1 aliphatic carbocycles. The zero-order valence-electron chi connectivity index (χ0n) is 14.8. The van der Waals surface area contributed by atoms with Crippen molar-refractivity contribution < 1.29 is 0 Å². The SMILES string of the molecule is CCCC(C)(C)c1cc2c(s1)-c1ccc(C(C)(C)C)cc1C2. The Labute approximate surface area is 139 Å². The molecule has 0 unspecified atom stereocenters. The van der Waals surface area contributed by atoms with Gasteiger partial charge >= 0.3 is 0 Å². The maximum atomic E-state index is 2.48. The maximum Gasteiger partial charge on any atom is 0.0384 e. The lowest BCUT2D eigenvalue weighted by Crippen LogP contribution is -2.14. The summed E-state index contributed by atoms with van der Waals surface area (Å²) in [5.41, 5.74) is 6.55. The molecule has 22 heavy (non-hydrogen) atoms. The van der Waals surface area contributed by atoms with Crippen LogP contribution in [0.1, 0.15) is 76.0 Å². The lowest BCUT2D eigenvalue weighted by Gasteiger charge is -2.22. The summed E-state index contributed by atoms with van der Waals surface area (Å²) < 4.78 is 0. The molecule has 1 heterocycles. The van der Waals surface area contributed by atoms with Gasteiger partial charge < -0.3 is 0 Å². The van der Waals surface area contributed by atoms with Crippen molar-refractivity contribution in [3.63, 3.8) is 0 Å². The first-order valence-electron chi connectivity index (χ1n) is 8.49. The van der Waals surface area contributed by atoms with Crippen molar-refractivity contribution in [1.29, 1.82) is 0 Å². The summed E-state index contributed by atoms with van der Waals surface area (Å²) in [5.74, 6) is 0. The summed E-state index contributed by atoms with van der Waals surface area (Å²) in [6.45, 7) is 14.0. The average Bonchev–Trinajstić information content (AvgIpc) is 2.94. The number of rotatable bonds is 3. The van der Waals surface area contributed by atoms with Crippen LogP contribution < -0.4 is 0 Å². The molecule has 0 N–H and O–H groups in total. The van der Waals surface area contributed by atoms with E-state index in [1.165, 1.54) is 34.4 Å². The molecule has 1 aromatic heterocycles. The van der Waals surface area contributed by atoms with Crippen molar-refractivity contribution in [1.82, 2.24) is 0 Å². The van der Waals surface area contributed by atoms with Gasteiger partial charge in [0.1, 0.15) is 0 Å². The van der Waals surface area contributed by atoms with Crippen molar-refractivity contribution in [2.24, 2.45) is 0 Å². The monoisotopic (exact) mass is 312 g/mol. The van der Waals surface area contributed by atoms with Crippen molar-refractivity contribution in [3.8, 4) is 10.4 Å². The third kappa shape index (κ3) is 2.65. The van der Waals surface area contributed by atoms with Crippen LogP contribution in [0.25, 0.3) is 10.4 Å². The molecule has 0 fully saturated rings. The minimum Gasteiger partial charge on any atom is -0.139 e. The van der Waals surface area contributed by atoms with Gasteiger partial charge in [-0.05, 0) is 52.0 Å². The van der Waals surface area contributed by atoms with Gasteiger partial charge in [-0.3, -0.25) is 0 Å². The molecule has 0 saturated heterocycles. The summed E-state index contributed by atoms with van der Waals surface area (Å²) in [5, 5.41) is 0. The van der Waals surface area contributed by atoms with E-state index in [-0.39, 0.29) is 5.41 Å². The van der Waals surface area contributed by atoms with Gasteiger partial charge in [0.05, 0.1) is 0 Å². The van der Waals surface area contributed by atoms with Gasteiger partial charge in [-0.25, -0.2) is 0 Å². The fourth-order valence-electron chi connectivity index (χ4n) is 3.50. The predicted molar refractivity (Wildman–Crippen MR) is 99.2 cm³/mol. The molecule has 2 aromatic rings. The highest BCUT2D eigenvalue weighted by Crippen LogP contribution is 2.47. The van der Waals surface area contributed by atoms with Crippen LogP contribution in [0.2, 0.25) is 0 Å². The molecule has 0 spiro atoms. The summed E-state index contributed by atoms with van der Waals surface area (Å²) in [7, 11) is 0. The zero-order chi connectivity index (χ0) is 16.1. The molecule has 0 nitrogen and oxygen atoms in total. The van der Waals surface area contributed by atoms with Gasteiger partial charge in [0.15, 0.2) is 0 Å². The van der Waals surface area contributed by atoms with Crippen LogP contribution in [0.5, 0.6) is 0 Å². The second-order valence-electron chi connectivity index (χ2n) is 8.40. The fourth-order valence-corrected chi connectivity index (χ4v) is 4.87. The number of hydrogen-bond donors (Lipinski definition) is 0. The molecule has 118 valence electrons. The van der Waals surface area contributed by atoms with Crippen molar-refractivity contribution in [3.05, 3.63) is 45.8 Å². The molecular weight excluding hydrogens is 284 g/mol. The van der Waals surface area contributed by atoms with Crippen molar-refractivity contribution in [2.45, 2.75) is 71.6 Å². The Kier molecular flexibility index (Phi) is 3.76. The van der Waals surface area contributed by atoms with Crippen LogP contribution >= 0.6 is 11.3 Å². The second kappa shape index (κ2) is 5.23. The highest BCUT2D eigenvalue weighted by atomic mass is 32.1. The topological polar surface area (TPSA) is 0 Å². The van der Waals surface area contributed by atoms with Crippen LogP contribution in [0, 0.1) is 0 Å². The normalized spacial score (nSPS) is 14.1. The minimum absolute atomic E-state index is 0.235. The van der Waals surface area contributed by atoms with Crippen LogP contribution in [0.4, 0.5) is 0 Å². The van der Waals surface area contributed by atoms with E-state index in [9.17, 15) is 0 Å². The lowest BCUT2D eigenvalue weighted by atomic mass is 9.85. The quantitative estimate of drug-likeness (QED) is 0.505. The first-order chi connectivity index (χ1) is 10.2. The zero-order valence-corrected chi connectivity index (χ0v) is 15.7. The van der Waals surface area contributed by atoms with Crippen LogP contribution in [-0.4, -0.2) is 0 Å². The predicted octanol–water partition coefficient (Wildman–Crippen LogP) is 6.69. The fraction of sp³-hybridized carbons (Fsp3) is 0.524. The molecule has 0 aliphatic heterocycles. The third-order valence-electron chi connectivity index (χ3n) is 4.95. The average molecular weight is 313 g/mol. The molecule has 1 heteroatoms. The van der Waals surface area contributed by atoms with Crippen molar-refractivity contribution >= 4 is 11.3 Å². The first-order valence-corrected chi connectivity index (χ1v) is 9.31. The van der Waals surface area contributed by atoms with E-state index in [2.05, 4.69) is 65.8 Å². The van der Waals surface area contributed by atoms with E-state index in [0.29, 0.717) is 5.41 Å². The smallest absolute Gasteiger partial charge is 0.0384 e. The third-order valence-corrected chi connectivity index (χ3v) is 6.52. The van der Waals surface area contributed by atoms with Gasteiger partial charge in [0.2, 0.25) is 0 Å². The standard InChI is InChI=1S/C21H28S/c1-7-10-21(5,6)18-13-15-11-14-12-16(20(2,3)4)8-9-17(14)19(15)22-18/h8-9,12-13H,7,10-11H2,1-6H3. The van der Waals surface area contributed by atoms with E-state index in [1.807, 2.05) is 11.3 Å². The second-order valence-corrected chi connectivity index (χ2v) is 9.45. The van der Waals surface area contributed by atoms with Crippen LogP contribution in [0.15, 0.2) is 24.3 Å². The molecule has 0 radical (unpaired) electrons. The summed E-state index contributed by atoms with van der Waals surface area (Å²) in [6, 6.07) is 9.59. The summed E-state index contributed by atoms with van der Waals surface area (Å²) in [6.07, 6.45) is 3.64. The van der Waals surface area contributed by atoms with Gasteiger partial charge in [0.25, 0.3) is 0 Å². The molecule has 0 atom stereocenters.